The van der Waals surface area contributed by atoms with Crippen molar-refractivity contribution >= 4 is 27.7 Å². The second kappa shape index (κ2) is 9.92. The van der Waals surface area contributed by atoms with Gasteiger partial charge >= 0.3 is 6.09 Å². The smallest absolute Gasteiger partial charge is 0.414 e. The van der Waals surface area contributed by atoms with Crippen LogP contribution < -0.4 is 4.90 Å². The summed E-state index contributed by atoms with van der Waals surface area (Å²) in [5.41, 5.74) is 1.97. The van der Waals surface area contributed by atoms with Crippen molar-refractivity contribution in [3.63, 3.8) is 0 Å². The van der Waals surface area contributed by atoms with E-state index in [1.807, 2.05) is 30.3 Å². The van der Waals surface area contributed by atoms with E-state index in [1.165, 1.54) is 6.07 Å². The number of hydrogen-bond donors (Lipinski definition) is 0. The first-order valence-electron chi connectivity index (χ1n) is 10.7. The van der Waals surface area contributed by atoms with Crippen molar-refractivity contribution in [1.82, 2.24) is 4.90 Å². The number of rotatable bonds is 6. The quantitative estimate of drug-likeness (QED) is 0.553. The zero-order valence-corrected chi connectivity index (χ0v) is 18.7. The standard InChI is InChI=1S/C24H28BrFN2O2/c25-23-7-6-21(26)15-20(23)14-18-8-11-27(12-9-18)13-10-19-16-28(24(29)30-17-19)22-4-2-1-3-5-22/h1-7,15,18-19H,8-14,16-17H2. The second-order valence-electron chi connectivity index (χ2n) is 8.40. The van der Waals surface area contributed by atoms with Gasteiger partial charge in [-0.25, -0.2) is 9.18 Å². The minimum atomic E-state index is -0.248. The molecule has 2 aromatic rings. The van der Waals surface area contributed by atoms with Gasteiger partial charge in [0.1, 0.15) is 5.82 Å². The Balaban J connectivity index is 1.23. The van der Waals surface area contributed by atoms with Gasteiger partial charge in [0.15, 0.2) is 0 Å². The fraction of sp³-hybridized carbons (Fsp3) is 0.458. The van der Waals surface area contributed by atoms with E-state index in [2.05, 4.69) is 20.8 Å². The summed E-state index contributed by atoms with van der Waals surface area (Å²) in [5, 5.41) is 0. The Hall–Kier alpha value is -1.92. The summed E-state index contributed by atoms with van der Waals surface area (Å²) in [4.78, 5) is 16.4. The molecule has 0 saturated carbocycles. The number of nitrogens with zero attached hydrogens (tertiary/aromatic N) is 2. The van der Waals surface area contributed by atoms with Crippen LogP contribution >= 0.6 is 15.9 Å². The van der Waals surface area contributed by atoms with Gasteiger partial charge in [-0.2, -0.15) is 0 Å². The molecule has 4 rings (SSSR count). The summed E-state index contributed by atoms with van der Waals surface area (Å²) in [6, 6.07) is 14.7. The molecule has 30 heavy (non-hydrogen) atoms. The molecule has 2 heterocycles. The van der Waals surface area contributed by atoms with Crippen LogP contribution in [0.3, 0.4) is 0 Å². The van der Waals surface area contributed by atoms with Crippen LogP contribution in [0.1, 0.15) is 24.8 Å². The summed E-state index contributed by atoms with van der Waals surface area (Å²) in [6.45, 7) is 4.40. The molecule has 1 unspecified atom stereocenters. The molecule has 2 aliphatic rings. The highest BCUT2D eigenvalue weighted by Gasteiger charge is 2.29. The number of benzene rings is 2. The molecule has 2 saturated heterocycles. The largest absolute Gasteiger partial charge is 0.449 e. The van der Waals surface area contributed by atoms with Gasteiger partial charge in [-0.15, -0.1) is 0 Å². The molecule has 2 aromatic carbocycles. The van der Waals surface area contributed by atoms with Gasteiger partial charge in [0.25, 0.3) is 0 Å². The highest BCUT2D eigenvalue weighted by molar-refractivity contribution is 9.10. The van der Waals surface area contributed by atoms with Crippen LogP contribution in [-0.2, 0) is 11.2 Å². The number of amides is 1. The van der Waals surface area contributed by atoms with E-state index in [0.717, 1.165) is 61.0 Å². The predicted molar refractivity (Wildman–Crippen MR) is 120 cm³/mol. The zero-order valence-electron chi connectivity index (χ0n) is 17.1. The number of piperidine rings is 1. The van der Waals surface area contributed by atoms with Crippen LogP contribution in [0.15, 0.2) is 53.0 Å². The summed E-state index contributed by atoms with van der Waals surface area (Å²) in [6.07, 6.45) is 3.98. The second-order valence-corrected chi connectivity index (χ2v) is 9.26. The lowest BCUT2D eigenvalue weighted by atomic mass is 9.90. The fourth-order valence-corrected chi connectivity index (χ4v) is 4.84. The van der Waals surface area contributed by atoms with Crippen LogP contribution in [0.4, 0.5) is 14.9 Å². The average molecular weight is 475 g/mol. The van der Waals surface area contributed by atoms with Crippen LogP contribution in [0, 0.1) is 17.7 Å². The Labute approximate surface area is 186 Å². The number of halogens is 2. The molecule has 2 aliphatic heterocycles. The van der Waals surface area contributed by atoms with Crippen molar-refractivity contribution in [3.05, 3.63) is 64.4 Å². The predicted octanol–water partition coefficient (Wildman–Crippen LogP) is 5.51. The molecule has 160 valence electrons. The number of para-hydroxylation sites is 1. The van der Waals surface area contributed by atoms with Crippen molar-refractivity contribution in [2.24, 2.45) is 11.8 Å². The average Bonchev–Trinajstić information content (AvgIpc) is 2.77. The Morgan fingerprint density at radius 1 is 1.07 bits per heavy atom. The number of ether oxygens (including phenoxy) is 1. The maximum absolute atomic E-state index is 13.5. The van der Waals surface area contributed by atoms with Gasteiger partial charge in [0.05, 0.1) is 6.61 Å². The molecule has 6 heteroatoms. The van der Waals surface area contributed by atoms with Crippen LogP contribution in [0.25, 0.3) is 0 Å². The van der Waals surface area contributed by atoms with Crippen molar-refractivity contribution in [2.45, 2.75) is 25.7 Å². The lowest BCUT2D eigenvalue weighted by Crippen LogP contribution is -2.44. The van der Waals surface area contributed by atoms with Crippen molar-refractivity contribution in [3.8, 4) is 0 Å². The van der Waals surface area contributed by atoms with Crippen molar-refractivity contribution in [1.29, 1.82) is 0 Å². The van der Waals surface area contributed by atoms with Crippen LogP contribution in [0.2, 0.25) is 0 Å². The molecular weight excluding hydrogens is 447 g/mol. The third-order valence-corrected chi connectivity index (χ3v) is 7.02. The Morgan fingerprint density at radius 3 is 2.60 bits per heavy atom. The summed E-state index contributed by atoms with van der Waals surface area (Å²) in [5.74, 6) is 0.788. The summed E-state index contributed by atoms with van der Waals surface area (Å²) >= 11 is 3.55. The molecular formula is C24H28BrFN2O2. The van der Waals surface area contributed by atoms with E-state index < -0.39 is 0 Å². The zero-order chi connectivity index (χ0) is 20.9. The van der Waals surface area contributed by atoms with Crippen molar-refractivity contribution < 1.29 is 13.9 Å². The van der Waals surface area contributed by atoms with E-state index in [1.54, 1.807) is 17.0 Å². The van der Waals surface area contributed by atoms with Crippen molar-refractivity contribution in [2.75, 3.05) is 37.7 Å². The maximum atomic E-state index is 13.5. The first-order valence-corrected chi connectivity index (χ1v) is 11.5. The molecule has 4 nitrogen and oxygen atoms in total. The molecule has 0 N–H and O–H groups in total. The Kier molecular flexibility index (Phi) is 7.05. The topological polar surface area (TPSA) is 32.8 Å². The maximum Gasteiger partial charge on any atom is 0.414 e. The van der Waals surface area contributed by atoms with Crippen LogP contribution in [-0.4, -0.2) is 43.8 Å². The number of anilines is 1. The first kappa shape index (κ1) is 21.3. The molecule has 0 aromatic heterocycles. The molecule has 0 bridgehead atoms. The van der Waals surface area contributed by atoms with E-state index in [4.69, 9.17) is 4.74 Å². The van der Waals surface area contributed by atoms with E-state index in [9.17, 15) is 9.18 Å². The SMILES string of the molecule is O=C1OCC(CCN2CCC(Cc3cc(F)ccc3Br)CC2)CN1c1ccccc1. The van der Waals surface area contributed by atoms with Gasteiger partial charge in [0.2, 0.25) is 0 Å². The highest BCUT2D eigenvalue weighted by atomic mass is 79.9. The molecule has 1 amide bonds. The number of likely N-dealkylation sites (tertiary alicyclic amines) is 1. The van der Waals surface area contributed by atoms with Crippen LogP contribution in [0.5, 0.6) is 0 Å². The monoisotopic (exact) mass is 474 g/mol. The minimum Gasteiger partial charge on any atom is -0.449 e. The summed E-state index contributed by atoms with van der Waals surface area (Å²) < 4.78 is 20.0. The summed E-state index contributed by atoms with van der Waals surface area (Å²) in [7, 11) is 0. The molecule has 1 atom stereocenters. The Bertz CT molecular complexity index is 856. The third-order valence-electron chi connectivity index (χ3n) is 6.25. The van der Waals surface area contributed by atoms with Gasteiger partial charge in [-0.1, -0.05) is 34.1 Å². The number of carbonyl (C=O) groups excluding carboxylic acids is 1. The van der Waals surface area contributed by atoms with Gasteiger partial charge in [-0.05, 0) is 87.1 Å². The van der Waals surface area contributed by atoms with Gasteiger partial charge in [0, 0.05) is 22.6 Å². The minimum absolute atomic E-state index is 0.164. The number of carbonyl (C=O) groups is 1. The van der Waals surface area contributed by atoms with E-state index >= 15 is 0 Å². The lowest BCUT2D eigenvalue weighted by Gasteiger charge is -2.35. The normalized spacial score (nSPS) is 20.9. The molecule has 0 aliphatic carbocycles. The van der Waals surface area contributed by atoms with E-state index in [0.29, 0.717) is 25.0 Å². The lowest BCUT2D eigenvalue weighted by molar-refractivity contribution is 0.103. The number of cyclic esters (lactones) is 1. The fourth-order valence-electron chi connectivity index (χ4n) is 4.44. The van der Waals surface area contributed by atoms with Gasteiger partial charge < -0.3 is 9.64 Å². The van der Waals surface area contributed by atoms with E-state index in [-0.39, 0.29) is 11.9 Å². The highest BCUT2D eigenvalue weighted by Crippen LogP contribution is 2.27. The molecule has 2 fully saturated rings. The number of hydrogen-bond acceptors (Lipinski definition) is 3. The Morgan fingerprint density at radius 2 is 1.83 bits per heavy atom. The molecule has 0 spiro atoms. The molecule has 0 radical (unpaired) electrons. The first-order chi connectivity index (χ1) is 14.6. The third kappa shape index (κ3) is 5.41. The van der Waals surface area contributed by atoms with Gasteiger partial charge in [-0.3, -0.25) is 4.90 Å².